The second-order valence-corrected chi connectivity index (χ2v) is 5.27. The van der Waals surface area contributed by atoms with Crippen molar-refractivity contribution in [3.63, 3.8) is 0 Å². The lowest BCUT2D eigenvalue weighted by molar-refractivity contribution is 0.579. The molecule has 1 rings (SSSR count). The van der Waals surface area contributed by atoms with Gasteiger partial charge in [-0.2, -0.15) is 5.10 Å². The Morgan fingerprint density at radius 3 is 2.53 bits per heavy atom. The maximum Gasteiger partial charge on any atom is 0.202 e. The van der Waals surface area contributed by atoms with Gasteiger partial charge in [0.05, 0.1) is 11.4 Å². The molecule has 0 saturated heterocycles. The van der Waals surface area contributed by atoms with E-state index in [9.17, 15) is 8.42 Å². The molecule has 1 heterocycles. The van der Waals surface area contributed by atoms with Gasteiger partial charge in [0.2, 0.25) is 9.84 Å². The van der Waals surface area contributed by atoms with Crippen molar-refractivity contribution in [2.45, 2.75) is 38.6 Å². The maximum absolute atomic E-state index is 11.7. The number of sulfone groups is 1. The van der Waals surface area contributed by atoms with Gasteiger partial charge >= 0.3 is 0 Å². The van der Waals surface area contributed by atoms with Gasteiger partial charge in [-0.15, -0.1) is 0 Å². The van der Waals surface area contributed by atoms with Crippen LogP contribution in [-0.4, -0.2) is 18.2 Å². The van der Waals surface area contributed by atoms with Gasteiger partial charge < -0.3 is 0 Å². The first-order chi connectivity index (χ1) is 6.94. The summed E-state index contributed by atoms with van der Waals surface area (Å²) in [5.41, 5.74) is 1.23. The van der Waals surface area contributed by atoms with Crippen molar-refractivity contribution in [3.8, 4) is 0 Å². The molecule has 0 bridgehead atoms. The van der Waals surface area contributed by atoms with E-state index in [0.29, 0.717) is 16.3 Å². The standard InChI is InChI=1S/C10H16N2O2S/c1-5-7-12-9(4)10(8(3)11-12)15(13,14)6-2/h6H,2,5,7H2,1,3-4H3. The van der Waals surface area contributed by atoms with Crippen LogP contribution in [0.1, 0.15) is 24.7 Å². The Labute approximate surface area is 90.5 Å². The molecule has 0 spiro atoms. The van der Waals surface area contributed by atoms with Crippen molar-refractivity contribution >= 4 is 9.84 Å². The largest absolute Gasteiger partial charge is 0.268 e. The highest BCUT2D eigenvalue weighted by Crippen LogP contribution is 2.21. The van der Waals surface area contributed by atoms with E-state index in [1.165, 1.54) is 0 Å². The van der Waals surface area contributed by atoms with Crippen molar-refractivity contribution in [3.05, 3.63) is 23.4 Å². The molecule has 0 radical (unpaired) electrons. The summed E-state index contributed by atoms with van der Waals surface area (Å²) in [6, 6.07) is 0. The van der Waals surface area contributed by atoms with Crippen molar-refractivity contribution in [1.29, 1.82) is 0 Å². The second-order valence-electron chi connectivity index (χ2n) is 3.43. The quantitative estimate of drug-likeness (QED) is 0.790. The Kier molecular flexibility index (Phi) is 3.34. The highest BCUT2D eigenvalue weighted by atomic mass is 32.2. The predicted octanol–water partition coefficient (Wildman–Crippen LogP) is 1.83. The van der Waals surface area contributed by atoms with Gasteiger partial charge in [0.1, 0.15) is 4.90 Å². The summed E-state index contributed by atoms with van der Waals surface area (Å²) in [6.07, 6.45) is 0.926. The van der Waals surface area contributed by atoms with Gasteiger partial charge in [0, 0.05) is 12.0 Å². The van der Waals surface area contributed by atoms with Crippen LogP contribution in [0.3, 0.4) is 0 Å². The zero-order chi connectivity index (χ0) is 11.6. The van der Waals surface area contributed by atoms with Crippen molar-refractivity contribution in [1.82, 2.24) is 9.78 Å². The highest BCUT2D eigenvalue weighted by molar-refractivity contribution is 7.94. The SMILES string of the molecule is C=CS(=O)(=O)c1c(C)nn(CCC)c1C. The Hall–Kier alpha value is -1.10. The Morgan fingerprint density at radius 2 is 2.07 bits per heavy atom. The minimum absolute atomic E-state index is 0.297. The summed E-state index contributed by atoms with van der Waals surface area (Å²) in [6.45, 7) is 9.56. The lowest BCUT2D eigenvalue weighted by Crippen LogP contribution is -2.03. The molecule has 0 atom stereocenters. The summed E-state index contributed by atoms with van der Waals surface area (Å²) < 4.78 is 25.1. The minimum Gasteiger partial charge on any atom is -0.268 e. The van der Waals surface area contributed by atoms with Crippen molar-refractivity contribution in [2.24, 2.45) is 0 Å². The van der Waals surface area contributed by atoms with Crippen LogP contribution in [0.15, 0.2) is 16.9 Å². The molecule has 0 aliphatic carbocycles. The first-order valence-corrected chi connectivity index (χ1v) is 6.40. The molecule has 1 aromatic heterocycles. The van der Waals surface area contributed by atoms with Crippen LogP contribution < -0.4 is 0 Å². The summed E-state index contributed by atoms with van der Waals surface area (Å²) in [5, 5.41) is 5.18. The third-order valence-electron chi connectivity index (χ3n) is 2.25. The molecule has 15 heavy (non-hydrogen) atoms. The molecule has 0 aliphatic rings. The van der Waals surface area contributed by atoms with E-state index in [1.807, 2.05) is 6.92 Å². The highest BCUT2D eigenvalue weighted by Gasteiger charge is 2.21. The fraction of sp³-hybridized carbons (Fsp3) is 0.500. The predicted molar refractivity (Wildman–Crippen MR) is 59.4 cm³/mol. The molecular weight excluding hydrogens is 212 g/mol. The number of hydrogen-bond acceptors (Lipinski definition) is 3. The maximum atomic E-state index is 11.7. The van der Waals surface area contributed by atoms with Gasteiger partial charge in [0.15, 0.2) is 0 Å². The lowest BCUT2D eigenvalue weighted by Gasteiger charge is -2.02. The van der Waals surface area contributed by atoms with Crippen molar-refractivity contribution < 1.29 is 8.42 Å². The summed E-state index contributed by atoms with van der Waals surface area (Å²) in [4.78, 5) is 0.297. The van der Waals surface area contributed by atoms with E-state index in [4.69, 9.17) is 0 Å². The lowest BCUT2D eigenvalue weighted by atomic mass is 10.4. The number of aromatic nitrogens is 2. The first-order valence-electron chi connectivity index (χ1n) is 4.85. The van der Waals surface area contributed by atoms with E-state index in [1.54, 1.807) is 18.5 Å². The number of hydrogen-bond donors (Lipinski definition) is 0. The zero-order valence-electron chi connectivity index (χ0n) is 9.32. The number of rotatable bonds is 4. The molecule has 84 valence electrons. The molecule has 5 heteroatoms. The van der Waals surface area contributed by atoms with Crippen LogP contribution in [0.2, 0.25) is 0 Å². The monoisotopic (exact) mass is 228 g/mol. The van der Waals surface area contributed by atoms with E-state index < -0.39 is 9.84 Å². The number of aryl methyl sites for hydroxylation is 2. The fourth-order valence-corrected chi connectivity index (χ4v) is 2.74. The van der Waals surface area contributed by atoms with Crippen LogP contribution in [0.5, 0.6) is 0 Å². The molecule has 0 fully saturated rings. The molecule has 0 amide bonds. The van der Waals surface area contributed by atoms with Gasteiger partial charge in [-0.3, -0.25) is 4.68 Å². The third kappa shape index (κ3) is 2.12. The van der Waals surface area contributed by atoms with Crippen molar-refractivity contribution in [2.75, 3.05) is 0 Å². The van der Waals surface area contributed by atoms with Crippen LogP contribution in [0, 0.1) is 13.8 Å². The minimum atomic E-state index is -3.38. The Bertz CT molecular complexity index is 472. The van der Waals surface area contributed by atoms with Crippen LogP contribution in [-0.2, 0) is 16.4 Å². The average molecular weight is 228 g/mol. The Morgan fingerprint density at radius 1 is 1.47 bits per heavy atom. The van der Waals surface area contributed by atoms with Gasteiger partial charge in [-0.25, -0.2) is 8.42 Å². The summed E-state index contributed by atoms with van der Waals surface area (Å²) in [5.74, 6) is 0. The molecule has 1 aromatic rings. The molecule has 0 saturated carbocycles. The second kappa shape index (κ2) is 4.18. The topological polar surface area (TPSA) is 52.0 Å². The number of nitrogens with zero attached hydrogens (tertiary/aromatic N) is 2. The zero-order valence-corrected chi connectivity index (χ0v) is 10.1. The first kappa shape index (κ1) is 12.0. The molecule has 0 N–H and O–H groups in total. The fourth-order valence-electron chi connectivity index (χ4n) is 1.61. The summed E-state index contributed by atoms with van der Waals surface area (Å²) in [7, 11) is -3.38. The van der Waals surface area contributed by atoms with Gasteiger partial charge in [0.25, 0.3) is 0 Å². The van der Waals surface area contributed by atoms with Gasteiger partial charge in [-0.05, 0) is 20.3 Å². The molecule has 0 aromatic carbocycles. The van der Waals surface area contributed by atoms with E-state index >= 15 is 0 Å². The summed E-state index contributed by atoms with van der Waals surface area (Å²) >= 11 is 0. The van der Waals surface area contributed by atoms with Gasteiger partial charge in [-0.1, -0.05) is 13.5 Å². The smallest absolute Gasteiger partial charge is 0.202 e. The van der Waals surface area contributed by atoms with E-state index in [2.05, 4.69) is 11.7 Å². The molecular formula is C10H16N2O2S. The third-order valence-corrected chi connectivity index (χ3v) is 3.85. The normalized spacial score (nSPS) is 11.7. The average Bonchev–Trinajstić information content (AvgIpc) is 2.43. The van der Waals surface area contributed by atoms with Crippen LogP contribution >= 0.6 is 0 Å². The Balaban J connectivity index is 3.38. The molecule has 4 nitrogen and oxygen atoms in total. The van der Waals surface area contributed by atoms with Crippen LogP contribution in [0.25, 0.3) is 0 Å². The van der Waals surface area contributed by atoms with E-state index in [0.717, 1.165) is 18.4 Å². The van der Waals surface area contributed by atoms with E-state index in [-0.39, 0.29) is 0 Å². The van der Waals surface area contributed by atoms with Crippen LogP contribution in [0.4, 0.5) is 0 Å². The molecule has 0 unspecified atom stereocenters. The molecule has 0 aliphatic heterocycles.